The summed E-state index contributed by atoms with van der Waals surface area (Å²) < 4.78 is 2.03. The zero-order valence-electron chi connectivity index (χ0n) is 20.2. The topological polar surface area (TPSA) is 46.0 Å². The molecule has 0 saturated carbocycles. The number of aryl methyl sites for hydroxylation is 2. The van der Waals surface area contributed by atoms with Crippen LogP contribution in [0, 0.1) is 0 Å². The van der Waals surface area contributed by atoms with E-state index in [0.717, 1.165) is 40.8 Å². The summed E-state index contributed by atoms with van der Waals surface area (Å²) in [6.45, 7) is 9.71. The molecule has 1 saturated heterocycles. The summed E-state index contributed by atoms with van der Waals surface area (Å²) in [7, 11) is 2.05. The molecule has 34 heavy (non-hydrogen) atoms. The van der Waals surface area contributed by atoms with Crippen molar-refractivity contribution in [1.29, 1.82) is 0 Å². The van der Waals surface area contributed by atoms with Crippen LogP contribution in [-0.4, -0.2) is 32.8 Å². The molecule has 0 unspecified atom stereocenters. The minimum atomic E-state index is 0.802. The van der Waals surface area contributed by atoms with Crippen LogP contribution in [0.2, 0.25) is 0 Å². The normalized spacial score (nSPS) is 14.4. The molecule has 4 aromatic rings. The molecule has 1 aliphatic rings. The predicted molar refractivity (Wildman–Crippen MR) is 142 cm³/mol. The third-order valence-electron chi connectivity index (χ3n) is 6.88. The van der Waals surface area contributed by atoms with E-state index in [1.165, 1.54) is 54.7 Å². The molecule has 1 N–H and O–H groups in total. The van der Waals surface area contributed by atoms with Crippen LogP contribution >= 0.6 is 0 Å². The number of aromatic nitrogens is 3. The standard InChI is InChI=1S/C29H33N5/c1-4-22-9-8-10-23(15-22)21(2)32-29-17-26-16-24(11-12-25(26)18-30-29)27-19-31-33(3)28(27)20-34-13-6-5-7-14-34/h8-12,15-19H,2,4-7,13-14,20H2,1,3H3,(H,30,32). The van der Waals surface area contributed by atoms with Gasteiger partial charge in [-0.25, -0.2) is 4.98 Å². The van der Waals surface area contributed by atoms with Crippen LogP contribution in [0.5, 0.6) is 0 Å². The maximum atomic E-state index is 4.62. The highest BCUT2D eigenvalue weighted by Gasteiger charge is 2.17. The fourth-order valence-electron chi connectivity index (χ4n) is 4.80. The van der Waals surface area contributed by atoms with Crippen molar-refractivity contribution in [2.45, 2.75) is 39.2 Å². The average molecular weight is 452 g/mol. The van der Waals surface area contributed by atoms with Crippen molar-refractivity contribution < 1.29 is 0 Å². The van der Waals surface area contributed by atoms with E-state index in [2.05, 4.69) is 89.4 Å². The highest BCUT2D eigenvalue weighted by molar-refractivity contribution is 5.89. The van der Waals surface area contributed by atoms with E-state index in [1.807, 2.05) is 17.1 Å². The molecular formula is C29H33N5. The molecule has 0 radical (unpaired) electrons. The van der Waals surface area contributed by atoms with Crippen LogP contribution in [0.1, 0.15) is 43.0 Å². The van der Waals surface area contributed by atoms with Gasteiger partial charge in [0.15, 0.2) is 0 Å². The molecule has 5 rings (SSSR count). The molecule has 1 fully saturated rings. The average Bonchev–Trinajstić information content (AvgIpc) is 3.24. The highest BCUT2D eigenvalue weighted by atomic mass is 15.3. The highest BCUT2D eigenvalue weighted by Crippen LogP contribution is 2.29. The summed E-state index contributed by atoms with van der Waals surface area (Å²) in [4.78, 5) is 7.17. The summed E-state index contributed by atoms with van der Waals surface area (Å²) in [6, 6.07) is 17.2. The van der Waals surface area contributed by atoms with Gasteiger partial charge < -0.3 is 5.32 Å². The van der Waals surface area contributed by atoms with Crippen LogP contribution in [0.25, 0.3) is 27.6 Å². The van der Waals surface area contributed by atoms with Crippen LogP contribution in [0.4, 0.5) is 5.82 Å². The molecule has 0 spiro atoms. The van der Waals surface area contributed by atoms with Gasteiger partial charge in [0.2, 0.25) is 0 Å². The molecule has 0 aliphatic carbocycles. The van der Waals surface area contributed by atoms with E-state index < -0.39 is 0 Å². The van der Waals surface area contributed by atoms with Gasteiger partial charge >= 0.3 is 0 Å². The molecule has 0 bridgehead atoms. The van der Waals surface area contributed by atoms with Crippen molar-refractivity contribution in [3.63, 3.8) is 0 Å². The molecule has 174 valence electrons. The Balaban J connectivity index is 1.41. The first-order valence-corrected chi connectivity index (χ1v) is 12.3. The van der Waals surface area contributed by atoms with Gasteiger partial charge in [0, 0.05) is 36.4 Å². The number of rotatable bonds is 7. The summed E-state index contributed by atoms with van der Waals surface area (Å²) in [5.74, 6) is 0.802. The second-order valence-corrected chi connectivity index (χ2v) is 9.25. The van der Waals surface area contributed by atoms with Gasteiger partial charge in [0.25, 0.3) is 0 Å². The number of pyridine rings is 1. The molecule has 1 aliphatic heterocycles. The number of likely N-dealkylation sites (tertiary alicyclic amines) is 1. The number of nitrogens with zero attached hydrogens (tertiary/aromatic N) is 4. The Morgan fingerprint density at radius 1 is 1.00 bits per heavy atom. The first-order chi connectivity index (χ1) is 16.6. The van der Waals surface area contributed by atoms with Crippen molar-refractivity contribution in [1.82, 2.24) is 19.7 Å². The van der Waals surface area contributed by atoms with E-state index >= 15 is 0 Å². The smallest absolute Gasteiger partial charge is 0.130 e. The predicted octanol–water partition coefficient (Wildman–Crippen LogP) is 6.27. The second-order valence-electron chi connectivity index (χ2n) is 9.25. The fraction of sp³-hybridized carbons (Fsp3) is 0.310. The quantitative estimate of drug-likeness (QED) is 0.360. The fourth-order valence-corrected chi connectivity index (χ4v) is 4.80. The first kappa shape index (κ1) is 22.4. The summed E-state index contributed by atoms with van der Waals surface area (Å²) in [5, 5.41) is 10.3. The summed E-state index contributed by atoms with van der Waals surface area (Å²) in [5.41, 5.74) is 6.93. The Kier molecular flexibility index (Phi) is 6.45. The van der Waals surface area contributed by atoms with Gasteiger partial charge in [0.05, 0.1) is 11.9 Å². The number of hydrogen-bond donors (Lipinski definition) is 1. The number of anilines is 1. The van der Waals surface area contributed by atoms with Crippen LogP contribution in [0.3, 0.4) is 0 Å². The van der Waals surface area contributed by atoms with Gasteiger partial charge in [0.1, 0.15) is 5.82 Å². The van der Waals surface area contributed by atoms with Crippen molar-refractivity contribution in [3.8, 4) is 11.1 Å². The molecule has 3 heterocycles. The second kappa shape index (κ2) is 9.82. The van der Waals surface area contributed by atoms with Crippen molar-refractivity contribution in [3.05, 3.63) is 84.3 Å². The lowest BCUT2D eigenvalue weighted by molar-refractivity contribution is 0.216. The molecule has 5 nitrogen and oxygen atoms in total. The van der Waals surface area contributed by atoms with E-state index in [0.29, 0.717) is 0 Å². The Bertz CT molecular complexity index is 1310. The van der Waals surface area contributed by atoms with Gasteiger partial charge in [-0.1, -0.05) is 50.3 Å². The van der Waals surface area contributed by atoms with Gasteiger partial charge in [-0.3, -0.25) is 9.58 Å². The van der Waals surface area contributed by atoms with E-state index in [-0.39, 0.29) is 0 Å². The van der Waals surface area contributed by atoms with Gasteiger partial charge in [-0.15, -0.1) is 0 Å². The number of fused-ring (bicyclic) bond motifs is 1. The third-order valence-corrected chi connectivity index (χ3v) is 6.88. The minimum absolute atomic E-state index is 0.802. The number of hydrogen-bond acceptors (Lipinski definition) is 4. The Morgan fingerprint density at radius 2 is 1.85 bits per heavy atom. The van der Waals surface area contributed by atoms with Crippen LogP contribution in [-0.2, 0) is 20.0 Å². The summed E-state index contributed by atoms with van der Waals surface area (Å²) in [6.07, 6.45) is 8.87. The van der Waals surface area contributed by atoms with Crippen LogP contribution < -0.4 is 5.32 Å². The van der Waals surface area contributed by atoms with Crippen LogP contribution in [0.15, 0.2) is 67.5 Å². The molecule has 0 atom stereocenters. The van der Waals surface area contributed by atoms with E-state index in [1.54, 1.807) is 0 Å². The largest absolute Gasteiger partial charge is 0.340 e. The maximum absolute atomic E-state index is 4.62. The minimum Gasteiger partial charge on any atom is -0.340 e. The lowest BCUT2D eigenvalue weighted by atomic mass is 10.0. The first-order valence-electron chi connectivity index (χ1n) is 12.3. The molecule has 2 aromatic carbocycles. The van der Waals surface area contributed by atoms with Gasteiger partial charge in [-0.2, -0.15) is 5.10 Å². The van der Waals surface area contributed by atoms with Crippen molar-refractivity contribution in [2.24, 2.45) is 7.05 Å². The van der Waals surface area contributed by atoms with E-state index in [9.17, 15) is 0 Å². The lowest BCUT2D eigenvalue weighted by Crippen LogP contribution is -2.30. The number of nitrogens with one attached hydrogen (secondary N) is 1. The van der Waals surface area contributed by atoms with Crippen molar-refractivity contribution >= 4 is 22.3 Å². The maximum Gasteiger partial charge on any atom is 0.130 e. The van der Waals surface area contributed by atoms with Gasteiger partial charge in [-0.05, 0) is 72.6 Å². The zero-order chi connectivity index (χ0) is 23.5. The molecular weight excluding hydrogens is 418 g/mol. The monoisotopic (exact) mass is 451 g/mol. The Hall–Kier alpha value is -3.44. The van der Waals surface area contributed by atoms with E-state index in [4.69, 9.17) is 0 Å². The lowest BCUT2D eigenvalue weighted by Gasteiger charge is -2.26. The Morgan fingerprint density at radius 3 is 2.68 bits per heavy atom. The number of piperidine rings is 1. The Labute approximate surface area is 202 Å². The number of benzene rings is 2. The summed E-state index contributed by atoms with van der Waals surface area (Å²) >= 11 is 0. The van der Waals surface area contributed by atoms with Crippen molar-refractivity contribution in [2.75, 3.05) is 18.4 Å². The molecule has 0 amide bonds. The molecule has 5 heteroatoms. The zero-order valence-corrected chi connectivity index (χ0v) is 20.2. The molecule has 2 aromatic heterocycles. The third kappa shape index (κ3) is 4.75. The SMILES string of the molecule is C=C(Nc1cc2cc(-c3cnn(C)c3CN3CCCCC3)ccc2cn1)c1cccc(CC)c1.